The molecule has 0 spiro atoms. The van der Waals surface area contributed by atoms with Gasteiger partial charge in [-0.1, -0.05) is 30.7 Å². The molecule has 26 heavy (non-hydrogen) atoms. The number of nitrogens with two attached hydrogens (primary N) is 1. The summed E-state index contributed by atoms with van der Waals surface area (Å²) in [6.45, 7) is 3.44. The minimum Gasteiger partial charge on any atom is -0.377 e. The highest BCUT2D eigenvalue weighted by Crippen LogP contribution is 2.26. The van der Waals surface area contributed by atoms with Crippen LogP contribution in [0.3, 0.4) is 0 Å². The zero-order valence-electron chi connectivity index (χ0n) is 15.2. The van der Waals surface area contributed by atoms with Crippen molar-refractivity contribution in [3.63, 3.8) is 0 Å². The highest BCUT2D eigenvalue weighted by Gasteiger charge is 2.32. The second kappa shape index (κ2) is 10.5. The summed E-state index contributed by atoms with van der Waals surface area (Å²) in [4.78, 5) is 24.4. The van der Waals surface area contributed by atoms with Crippen LogP contribution < -0.4 is 16.4 Å². The van der Waals surface area contributed by atoms with Crippen LogP contribution in [0.15, 0.2) is 24.3 Å². The van der Waals surface area contributed by atoms with E-state index in [-0.39, 0.29) is 29.9 Å². The number of amides is 2. The molecule has 0 aromatic heterocycles. The maximum absolute atomic E-state index is 12.4. The lowest BCUT2D eigenvalue weighted by atomic mass is 9.83. The van der Waals surface area contributed by atoms with Crippen LogP contribution in [0.1, 0.15) is 43.0 Å². The normalized spacial score (nSPS) is 22.7. The second-order valence-electron chi connectivity index (χ2n) is 6.61. The molecular formula is C19H28ClN3O3. The Balaban J connectivity index is 1.71. The van der Waals surface area contributed by atoms with E-state index in [4.69, 9.17) is 22.1 Å². The first-order valence-electron chi connectivity index (χ1n) is 9.20. The molecular weight excluding hydrogens is 354 g/mol. The maximum Gasteiger partial charge on any atom is 0.252 e. The molecule has 1 aromatic carbocycles. The third-order valence-electron chi connectivity index (χ3n) is 4.58. The van der Waals surface area contributed by atoms with Crippen LogP contribution >= 0.6 is 11.6 Å². The second-order valence-corrected chi connectivity index (χ2v) is 7.02. The average molecular weight is 382 g/mol. The summed E-state index contributed by atoms with van der Waals surface area (Å²) in [6.07, 6.45) is 3.09. The van der Waals surface area contributed by atoms with Crippen LogP contribution in [-0.2, 0) is 9.53 Å². The Morgan fingerprint density at radius 2 is 1.96 bits per heavy atom. The fourth-order valence-electron chi connectivity index (χ4n) is 3.10. The van der Waals surface area contributed by atoms with E-state index in [9.17, 15) is 9.59 Å². The number of rotatable bonds is 8. The van der Waals surface area contributed by atoms with Crippen molar-refractivity contribution >= 4 is 23.4 Å². The van der Waals surface area contributed by atoms with Crippen molar-refractivity contribution in [1.29, 1.82) is 0 Å². The molecule has 0 bridgehead atoms. The van der Waals surface area contributed by atoms with E-state index in [1.807, 2.05) is 0 Å². The van der Waals surface area contributed by atoms with Crippen LogP contribution in [0.4, 0.5) is 0 Å². The van der Waals surface area contributed by atoms with Gasteiger partial charge in [0.2, 0.25) is 5.91 Å². The molecule has 0 radical (unpaired) electrons. The smallest absolute Gasteiger partial charge is 0.252 e. The predicted octanol–water partition coefficient (Wildman–Crippen LogP) is 2.11. The van der Waals surface area contributed by atoms with Gasteiger partial charge in [-0.25, -0.2) is 0 Å². The van der Waals surface area contributed by atoms with Gasteiger partial charge in [0, 0.05) is 31.7 Å². The Bertz CT molecular complexity index is 611. The van der Waals surface area contributed by atoms with Crippen molar-refractivity contribution in [2.75, 3.05) is 19.7 Å². The highest BCUT2D eigenvalue weighted by molar-refractivity contribution is 6.33. The number of carbonyl (C=O) groups is 2. The van der Waals surface area contributed by atoms with Crippen molar-refractivity contribution in [3.05, 3.63) is 34.9 Å². The van der Waals surface area contributed by atoms with Crippen LogP contribution in [0.2, 0.25) is 5.02 Å². The zero-order valence-corrected chi connectivity index (χ0v) is 15.9. The molecule has 0 saturated heterocycles. The lowest BCUT2D eigenvalue weighted by Gasteiger charge is -2.33. The largest absolute Gasteiger partial charge is 0.377 e. The summed E-state index contributed by atoms with van der Waals surface area (Å²) in [7, 11) is 0. The molecule has 3 atom stereocenters. The quantitative estimate of drug-likeness (QED) is 0.601. The van der Waals surface area contributed by atoms with Gasteiger partial charge in [0.25, 0.3) is 5.91 Å². The Labute approximate surface area is 159 Å². The number of benzene rings is 1. The van der Waals surface area contributed by atoms with Crippen LogP contribution in [0.5, 0.6) is 0 Å². The summed E-state index contributed by atoms with van der Waals surface area (Å²) in [6, 6.07) is 6.86. The van der Waals surface area contributed by atoms with Crippen LogP contribution in [-0.4, -0.2) is 43.7 Å². The Morgan fingerprint density at radius 3 is 2.69 bits per heavy atom. The standard InChI is InChI=1S/C19H28ClN3O3/c1-2-11-26-17-12-13(7-8-16(17)21)18(24)22-9-10-23-19(25)14-5-3-4-6-15(14)20/h3-6,13,16-17H,2,7-12,21H2,1H3,(H,22,24)(H,23,25)/t13-,16-,17-/m0/s1. The van der Waals surface area contributed by atoms with Gasteiger partial charge in [-0.2, -0.15) is 0 Å². The minimum absolute atomic E-state index is 0.000471. The summed E-state index contributed by atoms with van der Waals surface area (Å²) in [5, 5.41) is 6.05. The van der Waals surface area contributed by atoms with E-state index < -0.39 is 0 Å². The number of halogens is 1. The number of nitrogens with one attached hydrogen (secondary N) is 2. The van der Waals surface area contributed by atoms with E-state index in [2.05, 4.69) is 17.6 Å². The zero-order chi connectivity index (χ0) is 18.9. The molecule has 4 N–H and O–H groups in total. The fourth-order valence-corrected chi connectivity index (χ4v) is 3.32. The first-order valence-corrected chi connectivity index (χ1v) is 9.58. The molecule has 144 valence electrons. The Morgan fingerprint density at radius 1 is 1.23 bits per heavy atom. The molecule has 0 unspecified atom stereocenters. The summed E-state index contributed by atoms with van der Waals surface area (Å²) in [5.74, 6) is -0.341. The van der Waals surface area contributed by atoms with Crippen molar-refractivity contribution in [3.8, 4) is 0 Å². The molecule has 1 aliphatic carbocycles. The Hall–Kier alpha value is -1.63. The molecule has 1 saturated carbocycles. The van der Waals surface area contributed by atoms with Gasteiger partial charge in [0.05, 0.1) is 16.7 Å². The van der Waals surface area contributed by atoms with Crippen molar-refractivity contribution in [2.45, 2.75) is 44.8 Å². The molecule has 2 amide bonds. The lowest BCUT2D eigenvalue weighted by Crippen LogP contribution is -2.46. The number of ether oxygens (including phenoxy) is 1. The molecule has 0 heterocycles. The summed E-state index contributed by atoms with van der Waals surface area (Å²) < 4.78 is 5.77. The van der Waals surface area contributed by atoms with Gasteiger partial charge in [-0.3, -0.25) is 9.59 Å². The third kappa shape index (κ3) is 5.97. The molecule has 7 heteroatoms. The van der Waals surface area contributed by atoms with E-state index in [0.717, 1.165) is 19.3 Å². The first kappa shape index (κ1) is 20.7. The summed E-state index contributed by atoms with van der Waals surface area (Å²) >= 11 is 5.99. The number of hydrogen-bond donors (Lipinski definition) is 3. The predicted molar refractivity (Wildman–Crippen MR) is 102 cm³/mol. The van der Waals surface area contributed by atoms with E-state index in [0.29, 0.717) is 36.7 Å². The van der Waals surface area contributed by atoms with Crippen LogP contribution in [0, 0.1) is 5.92 Å². The van der Waals surface area contributed by atoms with Crippen molar-refractivity contribution < 1.29 is 14.3 Å². The van der Waals surface area contributed by atoms with Crippen molar-refractivity contribution in [2.24, 2.45) is 11.7 Å². The summed E-state index contributed by atoms with van der Waals surface area (Å²) in [5.41, 5.74) is 6.52. The topological polar surface area (TPSA) is 93.5 Å². The van der Waals surface area contributed by atoms with Gasteiger partial charge in [0.1, 0.15) is 0 Å². The monoisotopic (exact) mass is 381 g/mol. The van der Waals surface area contributed by atoms with E-state index in [1.54, 1.807) is 24.3 Å². The van der Waals surface area contributed by atoms with Gasteiger partial charge in [-0.05, 0) is 37.8 Å². The maximum atomic E-state index is 12.4. The molecule has 2 rings (SSSR count). The van der Waals surface area contributed by atoms with Crippen molar-refractivity contribution in [1.82, 2.24) is 10.6 Å². The number of carbonyl (C=O) groups excluding carboxylic acids is 2. The minimum atomic E-state index is -0.249. The van der Waals surface area contributed by atoms with E-state index in [1.165, 1.54) is 0 Å². The molecule has 6 nitrogen and oxygen atoms in total. The van der Waals surface area contributed by atoms with E-state index >= 15 is 0 Å². The SMILES string of the molecule is CCCO[C@H]1C[C@@H](C(=O)NCCNC(=O)c2ccccc2Cl)CC[C@@H]1N. The molecule has 1 aromatic rings. The average Bonchev–Trinajstić information content (AvgIpc) is 2.64. The Kier molecular flexibility index (Phi) is 8.35. The van der Waals surface area contributed by atoms with Gasteiger partial charge in [-0.15, -0.1) is 0 Å². The van der Waals surface area contributed by atoms with Gasteiger partial charge in [0.15, 0.2) is 0 Å². The highest BCUT2D eigenvalue weighted by atomic mass is 35.5. The molecule has 1 aliphatic rings. The fraction of sp³-hybridized carbons (Fsp3) is 0.579. The number of hydrogen-bond acceptors (Lipinski definition) is 4. The van der Waals surface area contributed by atoms with Gasteiger partial charge >= 0.3 is 0 Å². The molecule has 0 aliphatic heterocycles. The lowest BCUT2D eigenvalue weighted by molar-refractivity contribution is -0.128. The molecule has 1 fully saturated rings. The van der Waals surface area contributed by atoms with Crippen LogP contribution in [0.25, 0.3) is 0 Å². The third-order valence-corrected chi connectivity index (χ3v) is 4.91. The first-order chi connectivity index (χ1) is 12.5. The van der Waals surface area contributed by atoms with Gasteiger partial charge < -0.3 is 21.1 Å².